The third-order valence-electron chi connectivity index (χ3n) is 4.30. The standard InChI is InChI=1S/C17H23N3S/c1-13-11-17(21-14(13)2)12-19-15-5-9-20(10-6-15)16-3-7-18-8-4-16/h3-4,7-8,11,15,19H,5-6,9-10,12H2,1-2H3. The lowest BCUT2D eigenvalue weighted by Gasteiger charge is -2.34. The highest BCUT2D eigenvalue weighted by molar-refractivity contribution is 7.12. The lowest BCUT2D eigenvalue weighted by atomic mass is 10.0. The summed E-state index contributed by atoms with van der Waals surface area (Å²) in [6.07, 6.45) is 6.18. The van der Waals surface area contributed by atoms with Crippen molar-refractivity contribution in [2.45, 2.75) is 39.3 Å². The van der Waals surface area contributed by atoms with Crippen LogP contribution in [0.25, 0.3) is 0 Å². The number of thiophene rings is 1. The van der Waals surface area contributed by atoms with E-state index in [1.165, 1.54) is 33.8 Å². The van der Waals surface area contributed by atoms with Gasteiger partial charge in [0.15, 0.2) is 0 Å². The van der Waals surface area contributed by atoms with Gasteiger partial charge in [0, 0.05) is 53.5 Å². The molecule has 1 aliphatic heterocycles. The first-order chi connectivity index (χ1) is 10.2. The third kappa shape index (κ3) is 3.63. The lowest BCUT2D eigenvalue weighted by Crippen LogP contribution is -2.42. The van der Waals surface area contributed by atoms with Crippen molar-refractivity contribution in [1.29, 1.82) is 0 Å². The van der Waals surface area contributed by atoms with Gasteiger partial charge >= 0.3 is 0 Å². The van der Waals surface area contributed by atoms with E-state index in [-0.39, 0.29) is 0 Å². The molecular formula is C17H23N3S. The molecule has 0 aliphatic carbocycles. The molecule has 112 valence electrons. The second-order valence-electron chi connectivity index (χ2n) is 5.80. The van der Waals surface area contributed by atoms with Gasteiger partial charge in [-0.3, -0.25) is 4.98 Å². The van der Waals surface area contributed by atoms with E-state index in [0.717, 1.165) is 19.6 Å². The Hall–Kier alpha value is -1.39. The molecule has 1 saturated heterocycles. The topological polar surface area (TPSA) is 28.2 Å². The number of rotatable bonds is 4. The first-order valence-electron chi connectivity index (χ1n) is 7.66. The van der Waals surface area contributed by atoms with Crippen LogP contribution in [0.4, 0.5) is 5.69 Å². The summed E-state index contributed by atoms with van der Waals surface area (Å²) in [7, 11) is 0. The van der Waals surface area contributed by atoms with Crippen LogP contribution in [-0.2, 0) is 6.54 Å². The van der Waals surface area contributed by atoms with Crippen molar-refractivity contribution in [3.8, 4) is 0 Å². The SMILES string of the molecule is Cc1cc(CNC2CCN(c3ccncc3)CC2)sc1C. The van der Waals surface area contributed by atoms with Gasteiger partial charge in [-0.1, -0.05) is 0 Å². The van der Waals surface area contributed by atoms with Gasteiger partial charge in [-0.2, -0.15) is 0 Å². The minimum Gasteiger partial charge on any atom is -0.371 e. The highest BCUT2D eigenvalue weighted by Crippen LogP contribution is 2.22. The Morgan fingerprint density at radius 1 is 1.24 bits per heavy atom. The van der Waals surface area contributed by atoms with E-state index < -0.39 is 0 Å². The molecule has 1 N–H and O–H groups in total. The van der Waals surface area contributed by atoms with Gasteiger partial charge in [0.2, 0.25) is 0 Å². The Morgan fingerprint density at radius 3 is 2.57 bits per heavy atom. The molecule has 0 aromatic carbocycles. The fourth-order valence-corrected chi connectivity index (χ4v) is 3.88. The highest BCUT2D eigenvalue weighted by atomic mass is 32.1. The molecular weight excluding hydrogens is 278 g/mol. The van der Waals surface area contributed by atoms with Gasteiger partial charge in [0.1, 0.15) is 0 Å². The van der Waals surface area contributed by atoms with Gasteiger partial charge in [-0.15, -0.1) is 11.3 Å². The fourth-order valence-electron chi connectivity index (χ4n) is 2.88. The molecule has 0 spiro atoms. The van der Waals surface area contributed by atoms with Gasteiger partial charge in [-0.05, 0) is 50.5 Å². The average molecular weight is 301 g/mol. The molecule has 21 heavy (non-hydrogen) atoms. The van der Waals surface area contributed by atoms with Crippen LogP contribution in [0.3, 0.4) is 0 Å². The third-order valence-corrected chi connectivity index (χ3v) is 5.46. The van der Waals surface area contributed by atoms with Crippen molar-refractivity contribution in [3.63, 3.8) is 0 Å². The Kier molecular flexibility index (Phi) is 4.56. The number of hydrogen-bond donors (Lipinski definition) is 1. The van der Waals surface area contributed by atoms with Gasteiger partial charge in [-0.25, -0.2) is 0 Å². The van der Waals surface area contributed by atoms with Gasteiger partial charge in [0.25, 0.3) is 0 Å². The fraction of sp³-hybridized carbons (Fsp3) is 0.471. The molecule has 0 saturated carbocycles. The minimum atomic E-state index is 0.644. The zero-order valence-electron chi connectivity index (χ0n) is 12.8. The molecule has 1 fully saturated rings. The maximum absolute atomic E-state index is 4.09. The van der Waals surface area contributed by atoms with Crippen LogP contribution in [0.1, 0.15) is 28.2 Å². The monoisotopic (exact) mass is 301 g/mol. The lowest BCUT2D eigenvalue weighted by molar-refractivity contribution is 0.415. The van der Waals surface area contributed by atoms with Gasteiger partial charge in [0.05, 0.1) is 0 Å². The minimum absolute atomic E-state index is 0.644. The predicted octanol–water partition coefficient (Wildman–Crippen LogP) is 3.52. The molecule has 0 bridgehead atoms. The van der Waals surface area contributed by atoms with Crippen LogP contribution in [0, 0.1) is 13.8 Å². The zero-order valence-corrected chi connectivity index (χ0v) is 13.6. The van der Waals surface area contributed by atoms with Crippen molar-refractivity contribution in [1.82, 2.24) is 10.3 Å². The summed E-state index contributed by atoms with van der Waals surface area (Å²) >= 11 is 1.92. The molecule has 0 unspecified atom stereocenters. The van der Waals surface area contributed by atoms with Crippen molar-refractivity contribution in [2.24, 2.45) is 0 Å². The summed E-state index contributed by atoms with van der Waals surface area (Å²) < 4.78 is 0. The summed E-state index contributed by atoms with van der Waals surface area (Å²) in [6.45, 7) is 7.67. The van der Waals surface area contributed by atoms with Crippen LogP contribution in [0.5, 0.6) is 0 Å². The van der Waals surface area contributed by atoms with Gasteiger partial charge < -0.3 is 10.2 Å². The molecule has 2 aromatic rings. The largest absolute Gasteiger partial charge is 0.371 e. The quantitative estimate of drug-likeness (QED) is 0.936. The van der Waals surface area contributed by atoms with Crippen molar-refractivity contribution >= 4 is 17.0 Å². The first-order valence-corrected chi connectivity index (χ1v) is 8.48. The zero-order chi connectivity index (χ0) is 14.7. The van der Waals surface area contributed by atoms with E-state index >= 15 is 0 Å². The Labute approximate surface area is 131 Å². The normalized spacial score (nSPS) is 16.4. The molecule has 2 aromatic heterocycles. The molecule has 0 radical (unpaired) electrons. The second-order valence-corrected chi connectivity index (χ2v) is 7.14. The number of piperidine rings is 1. The second kappa shape index (κ2) is 6.58. The van der Waals surface area contributed by atoms with E-state index in [4.69, 9.17) is 0 Å². The van der Waals surface area contributed by atoms with E-state index in [1.807, 2.05) is 23.7 Å². The van der Waals surface area contributed by atoms with Crippen LogP contribution < -0.4 is 10.2 Å². The smallest absolute Gasteiger partial charge is 0.0397 e. The number of pyridine rings is 1. The first kappa shape index (κ1) is 14.5. The molecule has 3 nitrogen and oxygen atoms in total. The summed E-state index contributed by atoms with van der Waals surface area (Å²) in [6, 6.07) is 7.17. The van der Waals surface area contributed by atoms with E-state index in [1.54, 1.807) is 0 Å². The Morgan fingerprint density at radius 2 is 1.95 bits per heavy atom. The number of nitrogens with zero attached hydrogens (tertiary/aromatic N) is 2. The van der Waals surface area contributed by atoms with E-state index in [9.17, 15) is 0 Å². The van der Waals surface area contributed by atoms with Crippen molar-refractivity contribution in [3.05, 3.63) is 45.9 Å². The maximum Gasteiger partial charge on any atom is 0.0397 e. The Bertz CT molecular complexity index is 551. The van der Waals surface area contributed by atoms with Crippen molar-refractivity contribution < 1.29 is 0 Å². The summed E-state index contributed by atoms with van der Waals surface area (Å²) in [5.41, 5.74) is 2.72. The number of aromatic nitrogens is 1. The highest BCUT2D eigenvalue weighted by Gasteiger charge is 2.19. The van der Waals surface area contributed by atoms with Crippen LogP contribution >= 0.6 is 11.3 Å². The molecule has 3 heterocycles. The molecule has 4 heteroatoms. The molecule has 0 atom stereocenters. The molecule has 3 rings (SSSR count). The summed E-state index contributed by atoms with van der Waals surface area (Å²) in [5.74, 6) is 0. The summed E-state index contributed by atoms with van der Waals surface area (Å²) in [5, 5.41) is 3.72. The summed E-state index contributed by atoms with van der Waals surface area (Å²) in [4.78, 5) is 9.45. The predicted molar refractivity (Wildman–Crippen MR) is 90.1 cm³/mol. The molecule has 0 amide bonds. The van der Waals surface area contributed by atoms with Crippen LogP contribution in [0.15, 0.2) is 30.6 Å². The maximum atomic E-state index is 4.09. The Balaban J connectivity index is 1.48. The van der Waals surface area contributed by atoms with Crippen molar-refractivity contribution in [2.75, 3.05) is 18.0 Å². The number of anilines is 1. The van der Waals surface area contributed by atoms with E-state index in [2.05, 4.69) is 47.2 Å². The van der Waals surface area contributed by atoms with Crippen LogP contribution in [0.2, 0.25) is 0 Å². The van der Waals surface area contributed by atoms with E-state index in [0.29, 0.717) is 6.04 Å². The number of nitrogens with one attached hydrogen (secondary N) is 1. The number of aryl methyl sites for hydroxylation is 2. The van der Waals surface area contributed by atoms with Crippen LogP contribution in [-0.4, -0.2) is 24.1 Å². The number of hydrogen-bond acceptors (Lipinski definition) is 4. The average Bonchev–Trinajstić information content (AvgIpc) is 2.85. The molecule has 1 aliphatic rings.